The summed E-state index contributed by atoms with van der Waals surface area (Å²) in [6.45, 7) is 5.76. The molecule has 0 fully saturated rings. The topological polar surface area (TPSA) is 79.3 Å². The lowest BCUT2D eigenvalue weighted by atomic mass is 10.1. The molecule has 0 aliphatic heterocycles. The Bertz CT molecular complexity index is 1250. The SMILES string of the molecule is COc1cccc(Cn2c(C)c(CNCCc3c[nH]c4ccccc34)c(C(=O)O)c2C)c1. The summed E-state index contributed by atoms with van der Waals surface area (Å²) in [4.78, 5) is 15.4. The third kappa shape index (κ3) is 4.27. The van der Waals surface area contributed by atoms with Gasteiger partial charge in [-0.05, 0) is 56.1 Å². The molecule has 0 saturated carbocycles. The number of aromatic carboxylic acids is 1. The molecule has 0 spiro atoms. The Balaban J connectivity index is 1.50. The number of methoxy groups -OCH3 is 1. The third-order valence-electron chi connectivity index (χ3n) is 6.15. The smallest absolute Gasteiger partial charge is 0.337 e. The predicted molar refractivity (Wildman–Crippen MR) is 127 cm³/mol. The highest BCUT2D eigenvalue weighted by Gasteiger charge is 2.22. The van der Waals surface area contributed by atoms with Gasteiger partial charge in [-0.25, -0.2) is 4.79 Å². The Hall–Kier alpha value is -3.51. The van der Waals surface area contributed by atoms with Crippen LogP contribution in [0.5, 0.6) is 5.75 Å². The van der Waals surface area contributed by atoms with Crippen molar-refractivity contribution in [3.8, 4) is 5.75 Å². The van der Waals surface area contributed by atoms with Gasteiger partial charge >= 0.3 is 5.97 Å². The van der Waals surface area contributed by atoms with E-state index in [0.717, 1.165) is 46.7 Å². The minimum absolute atomic E-state index is 0.394. The maximum atomic E-state index is 12.1. The number of nitrogens with one attached hydrogen (secondary N) is 2. The van der Waals surface area contributed by atoms with Gasteiger partial charge in [0, 0.05) is 47.1 Å². The zero-order chi connectivity index (χ0) is 22.7. The van der Waals surface area contributed by atoms with Crippen molar-refractivity contribution in [2.45, 2.75) is 33.4 Å². The molecule has 0 radical (unpaired) electrons. The summed E-state index contributed by atoms with van der Waals surface area (Å²) in [5.74, 6) is -0.0917. The number of carbonyl (C=O) groups is 1. The first-order valence-electron chi connectivity index (χ1n) is 10.8. The van der Waals surface area contributed by atoms with Gasteiger partial charge in [-0.1, -0.05) is 30.3 Å². The molecular weight excluding hydrogens is 402 g/mol. The average molecular weight is 432 g/mol. The average Bonchev–Trinajstić information content (AvgIpc) is 3.31. The maximum Gasteiger partial charge on any atom is 0.337 e. The summed E-state index contributed by atoms with van der Waals surface area (Å²) in [7, 11) is 1.65. The number of carboxylic acid groups (broad SMARTS) is 1. The van der Waals surface area contributed by atoms with Gasteiger partial charge in [-0.15, -0.1) is 0 Å². The lowest BCUT2D eigenvalue weighted by Gasteiger charge is -2.11. The lowest BCUT2D eigenvalue weighted by molar-refractivity contribution is 0.0694. The van der Waals surface area contributed by atoms with Gasteiger partial charge in [0.15, 0.2) is 0 Å². The van der Waals surface area contributed by atoms with Crippen molar-refractivity contribution in [3.63, 3.8) is 0 Å². The molecule has 0 saturated heterocycles. The van der Waals surface area contributed by atoms with E-state index in [2.05, 4.69) is 33.2 Å². The molecule has 6 heteroatoms. The Labute approximate surface area is 187 Å². The van der Waals surface area contributed by atoms with E-state index in [-0.39, 0.29) is 0 Å². The zero-order valence-corrected chi connectivity index (χ0v) is 18.7. The number of nitrogens with zero attached hydrogens (tertiary/aromatic N) is 1. The number of hydrogen-bond donors (Lipinski definition) is 3. The summed E-state index contributed by atoms with van der Waals surface area (Å²) < 4.78 is 7.41. The quantitative estimate of drug-likeness (QED) is 0.336. The van der Waals surface area contributed by atoms with Crippen molar-refractivity contribution in [3.05, 3.63) is 88.4 Å². The summed E-state index contributed by atoms with van der Waals surface area (Å²) in [5, 5.41) is 14.6. The second-order valence-corrected chi connectivity index (χ2v) is 8.05. The van der Waals surface area contributed by atoms with Gasteiger partial charge in [0.1, 0.15) is 5.75 Å². The fourth-order valence-electron chi connectivity index (χ4n) is 4.41. The molecule has 0 bridgehead atoms. The molecule has 0 amide bonds. The van der Waals surface area contributed by atoms with Crippen molar-refractivity contribution in [2.24, 2.45) is 0 Å². The number of fused-ring (bicyclic) bond motifs is 1. The molecule has 2 aromatic carbocycles. The molecule has 2 heterocycles. The molecule has 6 nitrogen and oxygen atoms in total. The van der Waals surface area contributed by atoms with Crippen LogP contribution < -0.4 is 10.1 Å². The second-order valence-electron chi connectivity index (χ2n) is 8.05. The molecule has 0 aliphatic carbocycles. The van der Waals surface area contributed by atoms with E-state index in [1.165, 1.54) is 10.9 Å². The van der Waals surface area contributed by atoms with Crippen molar-refractivity contribution in [2.75, 3.05) is 13.7 Å². The summed E-state index contributed by atoms with van der Waals surface area (Å²) >= 11 is 0. The molecule has 4 rings (SSSR count). The minimum Gasteiger partial charge on any atom is -0.497 e. The first-order chi connectivity index (χ1) is 15.5. The number of aromatic nitrogens is 2. The van der Waals surface area contributed by atoms with Gasteiger partial charge in [-0.2, -0.15) is 0 Å². The van der Waals surface area contributed by atoms with E-state index in [9.17, 15) is 9.90 Å². The number of aromatic amines is 1. The van der Waals surface area contributed by atoms with E-state index in [1.807, 2.05) is 50.2 Å². The number of para-hydroxylation sites is 1. The predicted octanol–water partition coefficient (Wildman–Crippen LogP) is 4.67. The Morgan fingerprint density at radius 2 is 1.94 bits per heavy atom. The molecule has 0 aliphatic rings. The Morgan fingerprint density at radius 1 is 1.12 bits per heavy atom. The largest absolute Gasteiger partial charge is 0.497 e. The van der Waals surface area contributed by atoms with Crippen molar-refractivity contribution in [1.29, 1.82) is 0 Å². The van der Waals surface area contributed by atoms with Crippen LogP contribution in [0.1, 0.15) is 38.4 Å². The van der Waals surface area contributed by atoms with Crippen LogP contribution in [0, 0.1) is 13.8 Å². The lowest BCUT2D eigenvalue weighted by Crippen LogP contribution is -2.18. The van der Waals surface area contributed by atoms with Gasteiger partial charge in [0.25, 0.3) is 0 Å². The van der Waals surface area contributed by atoms with Crippen LogP contribution in [0.3, 0.4) is 0 Å². The third-order valence-corrected chi connectivity index (χ3v) is 6.15. The zero-order valence-electron chi connectivity index (χ0n) is 18.7. The number of rotatable bonds is 9. The van der Waals surface area contributed by atoms with Crippen LogP contribution in [0.2, 0.25) is 0 Å². The fourth-order valence-corrected chi connectivity index (χ4v) is 4.41. The van der Waals surface area contributed by atoms with E-state index in [4.69, 9.17) is 4.74 Å². The first kappa shape index (κ1) is 21.7. The summed E-state index contributed by atoms with van der Waals surface area (Å²) in [6.07, 6.45) is 2.92. The summed E-state index contributed by atoms with van der Waals surface area (Å²) in [6, 6.07) is 16.1. The van der Waals surface area contributed by atoms with Crippen molar-refractivity contribution in [1.82, 2.24) is 14.9 Å². The second kappa shape index (κ2) is 9.32. The van der Waals surface area contributed by atoms with Crippen LogP contribution in [0.4, 0.5) is 0 Å². The Morgan fingerprint density at radius 3 is 2.72 bits per heavy atom. The van der Waals surface area contributed by atoms with Crippen molar-refractivity contribution >= 4 is 16.9 Å². The number of H-pyrrole nitrogens is 1. The molecule has 32 heavy (non-hydrogen) atoms. The van der Waals surface area contributed by atoms with Gasteiger partial charge in [-0.3, -0.25) is 0 Å². The molecule has 166 valence electrons. The first-order valence-corrected chi connectivity index (χ1v) is 10.8. The summed E-state index contributed by atoms with van der Waals surface area (Å²) in [5.41, 5.74) is 6.45. The molecular formula is C26H29N3O3. The van der Waals surface area contributed by atoms with E-state index < -0.39 is 5.97 Å². The van der Waals surface area contributed by atoms with Crippen LogP contribution >= 0.6 is 0 Å². The maximum absolute atomic E-state index is 12.1. The monoisotopic (exact) mass is 431 g/mol. The molecule has 2 aromatic heterocycles. The number of benzene rings is 2. The number of ether oxygens (including phenoxy) is 1. The van der Waals surface area contributed by atoms with Crippen LogP contribution in [0.15, 0.2) is 54.7 Å². The molecule has 3 N–H and O–H groups in total. The fraction of sp³-hybridized carbons (Fsp3) is 0.269. The number of hydrogen-bond acceptors (Lipinski definition) is 3. The van der Waals surface area contributed by atoms with Crippen molar-refractivity contribution < 1.29 is 14.6 Å². The highest BCUT2D eigenvalue weighted by Crippen LogP contribution is 2.25. The number of carboxylic acids is 1. The van der Waals surface area contributed by atoms with E-state index in [1.54, 1.807) is 7.11 Å². The van der Waals surface area contributed by atoms with Gasteiger partial charge in [0.2, 0.25) is 0 Å². The van der Waals surface area contributed by atoms with Crippen LogP contribution in [-0.2, 0) is 19.5 Å². The molecule has 4 aromatic rings. The van der Waals surface area contributed by atoms with Crippen LogP contribution in [-0.4, -0.2) is 34.3 Å². The Kier molecular flexibility index (Phi) is 6.32. The van der Waals surface area contributed by atoms with E-state index >= 15 is 0 Å². The standard InChI is InChI=1S/C26H29N3O3/c1-17-23(15-27-12-11-20-14-28-24-10-5-4-9-22(20)24)25(26(30)31)18(2)29(17)16-19-7-6-8-21(13-19)32-3/h4-10,13-14,27-28H,11-12,15-16H2,1-3H3,(H,30,31). The van der Waals surface area contributed by atoms with Gasteiger partial charge < -0.3 is 24.7 Å². The highest BCUT2D eigenvalue weighted by molar-refractivity contribution is 5.91. The van der Waals surface area contributed by atoms with Gasteiger partial charge in [0.05, 0.1) is 12.7 Å². The highest BCUT2D eigenvalue weighted by atomic mass is 16.5. The van der Waals surface area contributed by atoms with E-state index in [0.29, 0.717) is 18.7 Å². The normalized spacial score (nSPS) is 11.2. The minimum atomic E-state index is -0.886. The molecule has 0 atom stereocenters. The van der Waals surface area contributed by atoms with Crippen LogP contribution in [0.25, 0.3) is 10.9 Å². The molecule has 0 unspecified atom stereocenters.